The standard InChI is InChI=1S/C46H30N2/c1-2-11-31(12-3-1)33-21-23-34(24-22-33)36-15-10-16-37(29-36)47-41-19-8-6-17-39(41)45-43(47)27-28-44-46(45)40-18-7-9-20-42(40)48(44)38-26-25-32-13-4-5-14-35(32)30-38/h1-30H/i6D,7D,8D,9D,17D,18D,19D,20D,27D,28D. The van der Waals surface area contributed by atoms with Gasteiger partial charge in [0.2, 0.25) is 0 Å². The van der Waals surface area contributed by atoms with E-state index in [4.69, 9.17) is 5.48 Å². The van der Waals surface area contributed by atoms with Crippen LogP contribution in [0, 0.1) is 0 Å². The summed E-state index contributed by atoms with van der Waals surface area (Å²) in [6.45, 7) is 0. The van der Waals surface area contributed by atoms with E-state index in [9.17, 15) is 8.22 Å². The SMILES string of the molecule is [2H]c1c([2H])c([2H])c2c(c1[2H])c1c3c4c([2H])c([2H])c([2H])c([2H])c4n(-c4ccc5ccccc5c4)c3c([2H])c([2H])c1n2-c1cccc(-c2ccc(-c3ccccc3)cc2)c1. The minimum absolute atomic E-state index is 0.0853. The van der Waals surface area contributed by atoms with Gasteiger partial charge in [0.15, 0.2) is 0 Å². The maximum Gasteiger partial charge on any atom is 0.0646 e. The smallest absolute Gasteiger partial charge is 0.0646 e. The van der Waals surface area contributed by atoms with Crippen LogP contribution in [0.1, 0.15) is 13.7 Å². The highest BCUT2D eigenvalue weighted by molar-refractivity contribution is 6.29. The molecule has 0 saturated heterocycles. The van der Waals surface area contributed by atoms with Crippen LogP contribution >= 0.6 is 0 Å². The van der Waals surface area contributed by atoms with Crippen molar-refractivity contribution in [2.45, 2.75) is 0 Å². The molecule has 2 heteroatoms. The molecule has 2 nitrogen and oxygen atoms in total. The Bertz CT molecular complexity index is 3390. The van der Waals surface area contributed by atoms with Gasteiger partial charge in [-0.15, -0.1) is 0 Å². The lowest BCUT2D eigenvalue weighted by Crippen LogP contribution is -1.95. The molecule has 0 atom stereocenters. The summed E-state index contributed by atoms with van der Waals surface area (Å²) in [4.78, 5) is 0. The van der Waals surface area contributed by atoms with Crippen LogP contribution in [-0.2, 0) is 0 Å². The molecular weight excluding hydrogens is 581 g/mol. The van der Waals surface area contributed by atoms with Crippen LogP contribution in [0.25, 0.3) is 88.0 Å². The predicted octanol–water partition coefficient (Wildman–Crippen LogP) is 12.4. The van der Waals surface area contributed by atoms with Gasteiger partial charge in [-0.05, 0) is 81.5 Å². The number of benzene rings is 8. The number of fused-ring (bicyclic) bond motifs is 8. The zero-order chi connectivity index (χ0) is 40.3. The van der Waals surface area contributed by atoms with Crippen LogP contribution in [0.3, 0.4) is 0 Å². The zero-order valence-corrected chi connectivity index (χ0v) is 25.4. The Balaban J connectivity index is 1.37. The summed E-state index contributed by atoms with van der Waals surface area (Å²) in [5, 5.41) is 2.37. The maximum atomic E-state index is 9.71. The van der Waals surface area contributed by atoms with Crippen molar-refractivity contribution in [3.63, 3.8) is 0 Å². The minimum atomic E-state index is -0.487. The van der Waals surface area contributed by atoms with Gasteiger partial charge in [-0.1, -0.05) is 133 Å². The third-order valence-corrected chi connectivity index (χ3v) is 9.17. The lowest BCUT2D eigenvalue weighted by molar-refractivity contribution is 1.17. The summed E-state index contributed by atoms with van der Waals surface area (Å²) >= 11 is 0. The zero-order valence-electron chi connectivity index (χ0n) is 35.4. The van der Waals surface area contributed by atoms with Crippen LogP contribution in [-0.4, -0.2) is 9.13 Å². The van der Waals surface area contributed by atoms with Crippen molar-refractivity contribution in [2.24, 2.45) is 0 Å². The fourth-order valence-corrected chi connectivity index (χ4v) is 6.98. The van der Waals surface area contributed by atoms with E-state index in [1.165, 1.54) is 0 Å². The molecule has 0 bridgehead atoms. The highest BCUT2D eigenvalue weighted by Crippen LogP contribution is 2.42. The summed E-state index contributed by atoms with van der Waals surface area (Å²) in [6.07, 6.45) is 0. The monoisotopic (exact) mass is 620 g/mol. The topological polar surface area (TPSA) is 9.86 Å². The van der Waals surface area contributed by atoms with Crippen molar-refractivity contribution < 1.29 is 13.7 Å². The van der Waals surface area contributed by atoms with Crippen molar-refractivity contribution in [3.05, 3.63) is 182 Å². The Morgan fingerprint density at radius 2 is 0.875 bits per heavy atom. The molecule has 8 aromatic carbocycles. The van der Waals surface area contributed by atoms with E-state index in [2.05, 4.69) is 0 Å². The average molecular weight is 621 g/mol. The van der Waals surface area contributed by atoms with Crippen molar-refractivity contribution in [3.8, 4) is 33.6 Å². The Labute approximate surface area is 292 Å². The number of hydrogen-bond donors (Lipinski definition) is 0. The molecule has 48 heavy (non-hydrogen) atoms. The van der Waals surface area contributed by atoms with E-state index in [0.717, 1.165) is 33.0 Å². The summed E-state index contributed by atoms with van der Waals surface area (Å²) in [5.74, 6) is 0. The molecule has 0 N–H and O–H groups in total. The first-order chi connectivity index (χ1) is 28.0. The molecule has 0 saturated carbocycles. The Morgan fingerprint density at radius 3 is 1.54 bits per heavy atom. The van der Waals surface area contributed by atoms with Crippen molar-refractivity contribution in [2.75, 3.05) is 0 Å². The first kappa shape index (κ1) is 18.7. The fourth-order valence-electron chi connectivity index (χ4n) is 6.98. The maximum absolute atomic E-state index is 9.71. The van der Waals surface area contributed by atoms with Crippen LogP contribution in [0.4, 0.5) is 0 Å². The Hall–Kier alpha value is -6.38. The second-order valence-electron chi connectivity index (χ2n) is 11.8. The second kappa shape index (κ2) is 10.6. The van der Waals surface area contributed by atoms with Crippen LogP contribution in [0.15, 0.2) is 182 Å². The lowest BCUT2D eigenvalue weighted by Gasteiger charge is -2.12. The van der Waals surface area contributed by atoms with Gasteiger partial charge in [-0.2, -0.15) is 0 Å². The number of nitrogens with zero attached hydrogens (tertiary/aromatic N) is 2. The molecule has 10 rings (SSSR count). The number of hydrogen-bond acceptors (Lipinski definition) is 0. The molecule has 0 aliphatic carbocycles. The van der Waals surface area contributed by atoms with Crippen molar-refractivity contribution >= 4 is 54.4 Å². The molecule has 0 amide bonds. The number of rotatable bonds is 4. The molecule has 2 heterocycles. The molecule has 0 aliphatic rings. The summed E-state index contributed by atoms with van der Waals surface area (Å²) in [7, 11) is 0. The molecular formula is C46H30N2. The van der Waals surface area contributed by atoms with E-state index in [1.54, 1.807) is 15.2 Å². The van der Waals surface area contributed by atoms with Gasteiger partial charge in [-0.3, -0.25) is 0 Å². The quantitative estimate of drug-likeness (QED) is 0.185. The van der Waals surface area contributed by atoms with Gasteiger partial charge >= 0.3 is 0 Å². The molecule has 224 valence electrons. The molecule has 10 aromatic rings. The van der Waals surface area contributed by atoms with Crippen molar-refractivity contribution in [1.29, 1.82) is 0 Å². The first-order valence-corrected chi connectivity index (χ1v) is 15.7. The highest BCUT2D eigenvalue weighted by Gasteiger charge is 2.20. The van der Waals surface area contributed by atoms with Gasteiger partial charge in [0.05, 0.1) is 35.8 Å². The van der Waals surface area contributed by atoms with Crippen molar-refractivity contribution in [1.82, 2.24) is 9.13 Å². The molecule has 0 unspecified atom stereocenters. The van der Waals surface area contributed by atoms with E-state index in [-0.39, 0.29) is 79.9 Å². The van der Waals surface area contributed by atoms with Gasteiger partial charge in [-0.25, -0.2) is 0 Å². The first-order valence-electron chi connectivity index (χ1n) is 20.7. The van der Waals surface area contributed by atoms with E-state index >= 15 is 0 Å². The van der Waals surface area contributed by atoms with E-state index in [0.29, 0.717) is 11.4 Å². The molecule has 0 fully saturated rings. The molecule has 0 radical (unpaired) electrons. The lowest BCUT2D eigenvalue weighted by atomic mass is 10.00. The average Bonchev–Trinajstić information content (AvgIpc) is 3.81. The Morgan fingerprint density at radius 1 is 0.354 bits per heavy atom. The van der Waals surface area contributed by atoms with Crippen LogP contribution < -0.4 is 0 Å². The summed E-state index contributed by atoms with van der Waals surface area (Å²) in [6, 6.07) is 35.0. The van der Waals surface area contributed by atoms with Crippen LogP contribution in [0.5, 0.6) is 0 Å². The highest BCUT2D eigenvalue weighted by atomic mass is 15.0. The van der Waals surface area contributed by atoms with E-state index in [1.807, 2.05) is 115 Å². The van der Waals surface area contributed by atoms with E-state index < -0.39 is 24.2 Å². The molecule has 0 aliphatic heterocycles. The predicted molar refractivity (Wildman–Crippen MR) is 203 cm³/mol. The second-order valence-corrected chi connectivity index (χ2v) is 11.8. The number of para-hydroxylation sites is 2. The molecule has 2 aromatic heterocycles. The third kappa shape index (κ3) is 4.06. The van der Waals surface area contributed by atoms with Crippen LogP contribution in [0.2, 0.25) is 0 Å². The molecule has 0 spiro atoms. The summed E-state index contributed by atoms with van der Waals surface area (Å²) < 4.78 is 94.7. The Kier molecular flexibility index (Phi) is 4.12. The van der Waals surface area contributed by atoms with Gasteiger partial charge in [0.1, 0.15) is 0 Å². The van der Waals surface area contributed by atoms with Gasteiger partial charge < -0.3 is 9.13 Å². The van der Waals surface area contributed by atoms with Gasteiger partial charge in [0, 0.05) is 32.9 Å². The van der Waals surface area contributed by atoms with Gasteiger partial charge in [0.25, 0.3) is 0 Å². The minimum Gasteiger partial charge on any atom is -0.309 e. The summed E-state index contributed by atoms with van der Waals surface area (Å²) in [5.41, 5.74) is 5.27. The normalized spacial score (nSPS) is 14.7. The number of aromatic nitrogens is 2. The fraction of sp³-hybridized carbons (Fsp3) is 0. The third-order valence-electron chi connectivity index (χ3n) is 9.17. The largest absolute Gasteiger partial charge is 0.309 e.